The predicted molar refractivity (Wildman–Crippen MR) is 96.6 cm³/mol. The minimum atomic E-state index is 0.292. The molecular weight excluding hydrogens is 268 g/mol. The van der Waals surface area contributed by atoms with E-state index in [1.165, 1.54) is 44.9 Å². The van der Waals surface area contributed by atoms with Crippen molar-refractivity contribution < 1.29 is 0 Å². The van der Waals surface area contributed by atoms with Crippen LogP contribution in [0.1, 0.15) is 86.5 Å². The highest BCUT2D eigenvalue weighted by atomic mass is 14.7. The highest BCUT2D eigenvalue weighted by Gasteiger charge is 2.48. The molecule has 4 atom stereocenters. The summed E-state index contributed by atoms with van der Waals surface area (Å²) >= 11 is 0. The molecule has 0 bridgehead atoms. The molecule has 2 rings (SSSR count). The van der Waals surface area contributed by atoms with Crippen LogP contribution in [-0.2, 0) is 0 Å². The van der Waals surface area contributed by atoms with Gasteiger partial charge in [-0.15, -0.1) is 0 Å². The molecule has 4 unspecified atom stereocenters. The molecule has 2 fully saturated rings. The third-order valence-electron chi connectivity index (χ3n) is 7.83. The fourth-order valence-corrected chi connectivity index (χ4v) is 5.36. The second kappa shape index (κ2) is 6.09. The predicted octanol–water partition coefficient (Wildman–Crippen LogP) is 4.71. The molecule has 0 aromatic rings. The smallest absolute Gasteiger partial charge is 0.00904 e. The van der Waals surface area contributed by atoms with Gasteiger partial charge in [-0.3, -0.25) is 0 Å². The van der Waals surface area contributed by atoms with E-state index in [0.717, 1.165) is 11.8 Å². The maximum Gasteiger partial charge on any atom is 0.00904 e. The Bertz CT molecular complexity index is 353. The zero-order chi connectivity index (χ0) is 16.8. The van der Waals surface area contributed by atoms with Gasteiger partial charge >= 0.3 is 0 Å². The Hall–Kier alpha value is -0.0800. The average Bonchev–Trinajstić information content (AvgIpc) is 2.43. The fraction of sp³-hybridized carbons (Fsp3) is 1.00. The monoisotopic (exact) mass is 308 g/mol. The Kier molecular flexibility index (Phi) is 5.06. The van der Waals surface area contributed by atoms with Crippen LogP contribution in [0.2, 0.25) is 0 Å². The van der Waals surface area contributed by atoms with E-state index in [4.69, 9.17) is 11.5 Å². The van der Waals surface area contributed by atoms with Crippen LogP contribution < -0.4 is 11.5 Å². The quantitative estimate of drug-likeness (QED) is 0.793. The van der Waals surface area contributed by atoms with E-state index in [9.17, 15) is 0 Å². The summed E-state index contributed by atoms with van der Waals surface area (Å²) in [5.74, 6) is 1.64. The first-order valence-electron chi connectivity index (χ1n) is 9.54. The van der Waals surface area contributed by atoms with Gasteiger partial charge in [0.1, 0.15) is 0 Å². The lowest BCUT2D eigenvalue weighted by Gasteiger charge is -2.54. The molecule has 0 spiro atoms. The Balaban J connectivity index is 2.18. The van der Waals surface area contributed by atoms with Crippen molar-refractivity contribution in [1.29, 1.82) is 0 Å². The maximum atomic E-state index is 6.38. The molecule has 0 aromatic carbocycles. The summed E-state index contributed by atoms with van der Waals surface area (Å²) in [6, 6.07) is 0.752. The summed E-state index contributed by atoms with van der Waals surface area (Å²) in [5.41, 5.74) is 13.8. The second-order valence-electron chi connectivity index (χ2n) is 10.0. The van der Waals surface area contributed by atoms with Crippen molar-refractivity contribution in [1.82, 2.24) is 0 Å². The lowest BCUT2D eigenvalue weighted by Crippen LogP contribution is -2.51. The topological polar surface area (TPSA) is 52.0 Å². The summed E-state index contributed by atoms with van der Waals surface area (Å²) in [7, 11) is 0. The summed E-state index contributed by atoms with van der Waals surface area (Å²) in [4.78, 5) is 0. The Morgan fingerprint density at radius 3 is 1.45 bits per heavy atom. The minimum absolute atomic E-state index is 0.292. The third-order valence-corrected chi connectivity index (χ3v) is 7.83. The van der Waals surface area contributed by atoms with E-state index >= 15 is 0 Å². The van der Waals surface area contributed by atoms with Crippen LogP contribution in [0.25, 0.3) is 0 Å². The first kappa shape index (κ1) is 18.3. The van der Waals surface area contributed by atoms with Gasteiger partial charge in [-0.2, -0.15) is 0 Å². The van der Waals surface area contributed by atoms with Crippen LogP contribution >= 0.6 is 0 Å². The first-order valence-corrected chi connectivity index (χ1v) is 9.54. The second-order valence-corrected chi connectivity index (χ2v) is 10.0. The Morgan fingerprint density at radius 2 is 1.18 bits per heavy atom. The molecular formula is C20H40N2. The highest BCUT2D eigenvalue weighted by Crippen LogP contribution is 2.55. The van der Waals surface area contributed by atoms with Crippen LogP contribution in [0, 0.1) is 28.1 Å². The van der Waals surface area contributed by atoms with Crippen molar-refractivity contribution in [3.63, 3.8) is 0 Å². The lowest BCUT2D eigenvalue weighted by molar-refractivity contribution is -0.0278. The SMILES string of the molecule is CCC(C)(C1CCC(N)C(C)(C)C1)C1CCC(N)C(C)(C)C1. The minimum Gasteiger partial charge on any atom is -0.327 e. The van der Waals surface area contributed by atoms with Crippen LogP contribution in [0.4, 0.5) is 0 Å². The maximum absolute atomic E-state index is 6.38. The van der Waals surface area contributed by atoms with E-state index in [2.05, 4.69) is 41.5 Å². The number of hydrogen-bond acceptors (Lipinski definition) is 2. The van der Waals surface area contributed by atoms with Gasteiger partial charge in [0.2, 0.25) is 0 Å². The van der Waals surface area contributed by atoms with Gasteiger partial charge in [-0.1, -0.05) is 48.0 Å². The molecule has 130 valence electrons. The molecule has 0 aromatic heterocycles. The number of hydrogen-bond donors (Lipinski definition) is 2. The van der Waals surface area contributed by atoms with Gasteiger partial charge in [0, 0.05) is 12.1 Å². The molecule has 2 nitrogen and oxygen atoms in total. The van der Waals surface area contributed by atoms with Crippen molar-refractivity contribution in [3.05, 3.63) is 0 Å². The normalized spacial score (nSPS) is 40.9. The average molecular weight is 309 g/mol. The van der Waals surface area contributed by atoms with Crippen molar-refractivity contribution >= 4 is 0 Å². The standard InChI is InChI=1S/C20H40N2/c1-7-20(6,14-8-10-16(21)18(2,3)12-14)15-9-11-17(22)19(4,5)13-15/h14-17H,7-13,21-22H2,1-6H3. The highest BCUT2D eigenvalue weighted by molar-refractivity contribution is 5.00. The zero-order valence-corrected chi connectivity index (χ0v) is 15.9. The fourth-order valence-electron chi connectivity index (χ4n) is 5.36. The number of nitrogens with two attached hydrogens (primary N) is 2. The summed E-state index contributed by atoms with van der Waals surface area (Å²) < 4.78 is 0. The third kappa shape index (κ3) is 3.24. The Morgan fingerprint density at radius 1 is 0.818 bits per heavy atom. The van der Waals surface area contributed by atoms with Gasteiger partial charge in [0.25, 0.3) is 0 Å². The van der Waals surface area contributed by atoms with Gasteiger partial charge in [-0.05, 0) is 66.6 Å². The van der Waals surface area contributed by atoms with Crippen LogP contribution in [-0.4, -0.2) is 12.1 Å². The van der Waals surface area contributed by atoms with Crippen LogP contribution in [0.5, 0.6) is 0 Å². The molecule has 22 heavy (non-hydrogen) atoms. The van der Waals surface area contributed by atoms with Gasteiger partial charge in [-0.25, -0.2) is 0 Å². The summed E-state index contributed by atoms with van der Waals surface area (Å²) in [6.07, 6.45) is 8.91. The van der Waals surface area contributed by atoms with Crippen molar-refractivity contribution in [2.45, 2.75) is 98.6 Å². The van der Waals surface area contributed by atoms with E-state index in [0.29, 0.717) is 28.3 Å². The van der Waals surface area contributed by atoms with Crippen molar-refractivity contribution in [3.8, 4) is 0 Å². The Labute approximate surface area is 138 Å². The van der Waals surface area contributed by atoms with Crippen LogP contribution in [0.15, 0.2) is 0 Å². The van der Waals surface area contributed by atoms with E-state index in [1.807, 2.05) is 0 Å². The summed E-state index contributed by atoms with van der Waals surface area (Å²) in [6.45, 7) is 14.5. The van der Waals surface area contributed by atoms with E-state index < -0.39 is 0 Å². The van der Waals surface area contributed by atoms with Gasteiger partial charge < -0.3 is 11.5 Å². The molecule has 2 aliphatic carbocycles. The molecule has 2 aliphatic rings. The molecule has 2 saturated carbocycles. The molecule has 2 heteroatoms. The first-order chi connectivity index (χ1) is 10.0. The van der Waals surface area contributed by atoms with Crippen molar-refractivity contribution in [2.75, 3.05) is 0 Å². The molecule has 0 heterocycles. The molecule has 0 amide bonds. The largest absolute Gasteiger partial charge is 0.327 e. The van der Waals surface area contributed by atoms with E-state index in [-0.39, 0.29) is 0 Å². The molecule has 0 aliphatic heterocycles. The molecule has 4 N–H and O–H groups in total. The number of rotatable bonds is 3. The van der Waals surface area contributed by atoms with Crippen molar-refractivity contribution in [2.24, 2.45) is 39.5 Å². The molecule has 0 radical (unpaired) electrons. The van der Waals surface area contributed by atoms with Gasteiger partial charge in [0.05, 0.1) is 0 Å². The zero-order valence-electron chi connectivity index (χ0n) is 15.9. The molecule has 0 saturated heterocycles. The van der Waals surface area contributed by atoms with Gasteiger partial charge in [0.15, 0.2) is 0 Å². The van der Waals surface area contributed by atoms with E-state index in [1.54, 1.807) is 0 Å². The van der Waals surface area contributed by atoms with Crippen LogP contribution in [0.3, 0.4) is 0 Å². The lowest BCUT2D eigenvalue weighted by atomic mass is 9.52. The summed E-state index contributed by atoms with van der Waals surface area (Å²) in [5, 5.41) is 0.